The Kier molecular flexibility index (Phi) is 5.51. The van der Waals surface area contributed by atoms with E-state index in [2.05, 4.69) is 42.9 Å². The molecule has 30 heavy (non-hydrogen) atoms. The molecule has 0 aliphatic heterocycles. The summed E-state index contributed by atoms with van der Waals surface area (Å²) in [5.41, 5.74) is 2.43. The Morgan fingerprint density at radius 1 is 1.27 bits per heavy atom. The number of carbonyl (C=O) groups is 1. The molecule has 0 bridgehead atoms. The van der Waals surface area contributed by atoms with Gasteiger partial charge in [0.05, 0.1) is 47.4 Å². The molecule has 0 saturated heterocycles. The van der Waals surface area contributed by atoms with E-state index in [1.165, 1.54) is 17.1 Å². The summed E-state index contributed by atoms with van der Waals surface area (Å²) in [5, 5.41) is 18.0. The minimum atomic E-state index is -0.463. The van der Waals surface area contributed by atoms with Crippen LogP contribution < -0.4 is 10.6 Å². The van der Waals surface area contributed by atoms with E-state index in [0.717, 1.165) is 12.0 Å². The van der Waals surface area contributed by atoms with Crippen molar-refractivity contribution in [2.45, 2.75) is 26.2 Å². The molecule has 0 aliphatic rings. The van der Waals surface area contributed by atoms with E-state index in [0.29, 0.717) is 33.0 Å². The first-order chi connectivity index (χ1) is 14.5. The average molecular weight is 446 g/mol. The molecular weight excluding hydrogens is 429 g/mol. The van der Waals surface area contributed by atoms with Gasteiger partial charge < -0.3 is 10.6 Å². The number of rotatable bonds is 5. The van der Waals surface area contributed by atoms with Crippen LogP contribution in [0, 0.1) is 0 Å². The Bertz CT molecular complexity index is 1210. The van der Waals surface area contributed by atoms with Crippen LogP contribution in [0.3, 0.4) is 0 Å². The number of anilines is 2. The second-order valence-electron chi connectivity index (χ2n) is 6.57. The average Bonchev–Trinajstić information content (AvgIpc) is 3.36. The Labute approximate surface area is 181 Å². The van der Waals surface area contributed by atoms with Crippen molar-refractivity contribution in [1.29, 1.82) is 0 Å². The van der Waals surface area contributed by atoms with Crippen LogP contribution in [-0.4, -0.2) is 40.6 Å². The van der Waals surface area contributed by atoms with Gasteiger partial charge in [0, 0.05) is 5.56 Å². The third kappa shape index (κ3) is 3.91. The highest BCUT2D eigenvalue weighted by Gasteiger charge is 2.19. The second-order valence-corrected chi connectivity index (χ2v) is 7.36. The van der Waals surface area contributed by atoms with Gasteiger partial charge >= 0.3 is 6.03 Å². The molecular formula is C18H17Cl2N9O. The molecule has 1 unspecified atom stereocenters. The van der Waals surface area contributed by atoms with Crippen LogP contribution in [0.5, 0.6) is 0 Å². The van der Waals surface area contributed by atoms with Crippen molar-refractivity contribution in [1.82, 2.24) is 34.6 Å². The van der Waals surface area contributed by atoms with Gasteiger partial charge in [-0.25, -0.2) is 24.0 Å². The summed E-state index contributed by atoms with van der Waals surface area (Å²) < 4.78 is 3.03. The molecule has 4 rings (SSSR count). The molecule has 0 radical (unpaired) electrons. The molecule has 0 spiro atoms. The summed E-state index contributed by atoms with van der Waals surface area (Å²) in [6.45, 7) is 4.11. The van der Waals surface area contributed by atoms with Crippen molar-refractivity contribution < 1.29 is 4.79 Å². The number of urea groups is 1. The monoisotopic (exact) mass is 445 g/mol. The van der Waals surface area contributed by atoms with Gasteiger partial charge in [-0.2, -0.15) is 5.10 Å². The van der Waals surface area contributed by atoms with E-state index < -0.39 is 6.03 Å². The lowest BCUT2D eigenvalue weighted by Gasteiger charge is -2.16. The van der Waals surface area contributed by atoms with Crippen molar-refractivity contribution in [2.75, 3.05) is 10.6 Å². The Balaban J connectivity index is 1.57. The fraction of sp³-hybridized carbons (Fsp3) is 0.222. The van der Waals surface area contributed by atoms with E-state index in [9.17, 15) is 4.79 Å². The number of hydrogen-bond donors (Lipinski definition) is 2. The topological polar surface area (TPSA) is 115 Å². The zero-order valence-corrected chi connectivity index (χ0v) is 17.6. The fourth-order valence-corrected chi connectivity index (χ4v) is 3.41. The number of halogens is 2. The van der Waals surface area contributed by atoms with Crippen LogP contribution in [0.4, 0.5) is 16.2 Å². The van der Waals surface area contributed by atoms with Crippen LogP contribution in [0.25, 0.3) is 11.5 Å². The number of pyridine rings is 1. The number of carbonyl (C=O) groups excluding carboxylic acids is 1. The van der Waals surface area contributed by atoms with Gasteiger partial charge in [0.1, 0.15) is 5.15 Å². The van der Waals surface area contributed by atoms with Crippen LogP contribution in [-0.2, 0) is 0 Å². The zero-order chi connectivity index (χ0) is 21.3. The predicted molar refractivity (Wildman–Crippen MR) is 114 cm³/mol. The van der Waals surface area contributed by atoms with E-state index >= 15 is 0 Å². The maximum absolute atomic E-state index is 12.6. The van der Waals surface area contributed by atoms with Crippen LogP contribution in [0.1, 0.15) is 31.7 Å². The highest BCUT2D eigenvalue weighted by Crippen LogP contribution is 2.31. The Morgan fingerprint density at radius 2 is 2.10 bits per heavy atom. The Morgan fingerprint density at radius 3 is 2.80 bits per heavy atom. The summed E-state index contributed by atoms with van der Waals surface area (Å²) in [5.74, 6) is 0.535. The number of aromatic nitrogens is 7. The number of fused-ring (bicyclic) bond motifs is 1. The lowest BCUT2D eigenvalue weighted by atomic mass is 9.98. The van der Waals surface area contributed by atoms with Crippen molar-refractivity contribution in [2.24, 2.45) is 0 Å². The molecule has 0 aliphatic carbocycles. The molecule has 1 atom stereocenters. The molecule has 154 valence electrons. The third-order valence-electron chi connectivity index (χ3n) is 4.57. The van der Waals surface area contributed by atoms with Gasteiger partial charge in [0.2, 0.25) is 0 Å². The number of amides is 2. The molecule has 2 N–H and O–H groups in total. The molecule has 12 heteroatoms. The SMILES string of the molecule is CCC(C)c1c(NC(=O)Nc2cnc(-n3ccnn3)c(Cl)c2)cnn2cc(Cl)nc12. The zero-order valence-electron chi connectivity index (χ0n) is 16.0. The Hall–Kier alpha value is -3.24. The first-order valence-electron chi connectivity index (χ1n) is 9.10. The van der Waals surface area contributed by atoms with Crippen LogP contribution >= 0.6 is 23.2 Å². The first kappa shape index (κ1) is 20.0. The molecule has 4 aromatic rings. The van der Waals surface area contributed by atoms with E-state index in [1.807, 2.05) is 6.92 Å². The van der Waals surface area contributed by atoms with Crippen LogP contribution in [0.15, 0.2) is 37.1 Å². The lowest BCUT2D eigenvalue weighted by Crippen LogP contribution is -2.21. The molecule has 10 nitrogen and oxygen atoms in total. The van der Waals surface area contributed by atoms with E-state index in [1.54, 1.807) is 29.2 Å². The fourth-order valence-electron chi connectivity index (χ4n) is 2.99. The summed E-state index contributed by atoms with van der Waals surface area (Å²) in [6.07, 6.45) is 8.67. The van der Waals surface area contributed by atoms with E-state index in [-0.39, 0.29) is 5.92 Å². The lowest BCUT2D eigenvalue weighted by molar-refractivity contribution is 0.262. The minimum Gasteiger partial charge on any atom is -0.306 e. The van der Waals surface area contributed by atoms with Gasteiger partial charge in [-0.1, -0.05) is 42.3 Å². The smallest absolute Gasteiger partial charge is 0.306 e. The van der Waals surface area contributed by atoms with Crippen molar-refractivity contribution >= 4 is 46.3 Å². The van der Waals surface area contributed by atoms with Crippen molar-refractivity contribution in [3.63, 3.8) is 0 Å². The third-order valence-corrected chi connectivity index (χ3v) is 5.03. The highest BCUT2D eigenvalue weighted by atomic mass is 35.5. The summed E-state index contributed by atoms with van der Waals surface area (Å²) in [7, 11) is 0. The van der Waals surface area contributed by atoms with Gasteiger partial charge in [0.15, 0.2) is 11.5 Å². The molecule has 0 aromatic carbocycles. The van der Waals surface area contributed by atoms with Gasteiger partial charge in [-0.3, -0.25) is 0 Å². The standard InChI is InChI=1S/C18H17Cl2N9O/c1-3-10(2)15-13(8-23-29-9-14(20)26-17(15)29)25-18(30)24-11-6-12(19)16(21-7-11)28-5-4-22-27-28/h4-10H,3H2,1-2H3,(H2,24,25,30). The van der Waals surface area contributed by atoms with Crippen LogP contribution in [0.2, 0.25) is 10.2 Å². The number of nitrogens with zero attached hydrogens (tertiary/aromatic N) is 7. The van der Waals surface area contributed by atoms with E-state index in [4.69, 9.17) is 23.2 Å². The summed E-state index contributed by atoms with van der Waals surface area (Å²) in [4.78, 5) is 21.2. The summed E-state index contributed by atoms with van der Waals surface area (Å²) in [6, 6.07) is 1.12. The first-order valence-corrected chi connectivity index (χ1v) is 9.86. The number of hydrogen-bond acceptors (Lipinski definition) is 6. The molecule has 4 heterocycles. The number of imidazole rings is 1. The van der Waals surface area contributed by atoms with Gasteiger partial charge in [-0.05, 0) is 18.4 Å². The normalized spacial score (nSPS) is 12.1. The maximum Gasteiger partial charge on any atom is 0.323 e. The van der Waals surface area contributed by atoms with Gasteiger partial charge in [0.25, 0.3) is 0 Å². The quantitative estimate of drug-likeness (QED) is 0.476. The number of nitrogens with one attached hydrogen (secondary N) is 2. The summed E-state index contributed by atoms with van der Waals surface area (Å²) >= 11 is 12.3. The van der Waals surface area contributed by atoms with Gasteiger partial charge in [-0.15, -0.1) is 5.10 Å². The minimum absolute atomic E-state index is 0.127. The van der Waals surface area contributed by atoms with Crippen molar-refractivity contribution in [3.05, 3.63) is 52.8 Å². The second kappa shape index (κ2) is 8.25. The van der Waals surface area contributed by atoms with Crippen molar-refractivity contribution in [3.8, 4) is 5.82 Å². The molecule has 4 aromatic heterocycles. The largest absolute Gasteiger partial charge is 0.323 e. The maximum atomic E-state index is 12.6. The highest BCUT2D eigenvalue weighted by molar-refractivity contribution is 6.32. The molecule has 2 amide bonds. The predicted octanol–water partition coefficient (Wildman–Crippen LogP) is 4.17. The molecule has 0 fully saturated rings. The molecule has 0 saturated carbocycles.